The molecule has 3 rings (SSSR count). The first-order valence-corrected chi connectivity index (χ1v) is 6.33. The highest BCUT2D eigenvalue weighted by atomic mass is 16.5. The number of methoxy groups -OCH3 is 1. The molecule has 0 saturated carbocycles. The summed E-state index contributed by atoms with van der Waals surface area (Å²) < 4.78 is 10.4. The second kappa shape index (κ2) is 5.51. The molecule has 0 bridgehead atoms. The van der Waals surface area contributed by atoms with Gasteiger partial charge in [0.05, 0.1) is 12.7 Å². The number of nitrogens with zero attached hydrogens (tertiary/aromatic N) is 3. The highest BCUT2D eigenvalue weighted by molar-refractivity contribution is 5.54. The summed E-state index contributed by atoms with van der Waals surface area (Å²) in [6, 6.07) is 11.4. The fraction of sp³-hybridized carbons (Fsp3) is 0.133. The molecule has 21 heavy (non-hydrogen) atoms. The maximum atomic E-state index is 8.79. The SMILES string of the molecule is COc1cccc(Cc2noc(-c3c[nH]c(C#N)c3)n2)c1. The van der Waals surface area contributed by atoms with Gasteiger partial charge in [-0.1, -0.05) is 17.3 Å². The molecule has 0 amide bonds. The van der Waals surface area contributed by atoms with Gasteiger partial charge in [0.1, 0.15) is 17.5 Å². The van der Waals surface area contributed by atoms with Crippen molar-refractivity contribution < 1.29 is 9.26 Å². The average Bonchev–Trinajstić information content (AvgIpc) is 3.16. The summed E-state index contributed by atoms with van der Waals surface area (Å²) in [4.78, 5) is 7.15. The van der Waals surface area contributed by atoms with Crippen LogP contribution in [0.25, 0.3) is 11.5 Å². The van der Waals surface area contributed by atoms with E-state index in [1.165, 1.54) is 0 Å². The first-order chi connectivity index (χ1) is 10.3. The number of hydrogen-bond acceptors (Lipinski definition) is 5. The molecule has 1 aromatic carbocycles. The minimum atomic E-state index is 0.394. The molecule has 1 N–H and O–H groups in total. The van der Waals surface area contributed by atoms with E-state index in [2.05, 4.69) is 15.1 Å². The highest BCUT2D eigenvalue weighted by Crippen LogP contribution is 2.20. The summed E-state index contributed by atoms with van der Waals surface area (Å²) in [5.74, 6) is 1.77. The molecule has 104 valence electrons. The van der Waals surface area contributed by atoms with Crippen molar-refractivity contribution in [3.05, 3.63) is 53.6 Å². The minimum absolute atomic E-state index is 0.394. The quantitative estimate of drug-likeness (QED) is 0.793. The van der Waals surface area contributed by atoms with Crippen molar-refractivity contribution in [3.8, 4) is 23.3 Å². The second-order valence-electron chi connectivity index (χ2n) is 4.46. The van der Waals surface area contributed by atoms with Crippen LogP contribution in [0.1, 0.15) is 17.1 Å². The fourth-order valence-corrected chi connectivity index (χ4v) is 1.99. The van der Waals surface area contributed by atoms with E-state index in [-0.39, 0.29) is 0 Å². The van der Waals surface area contributed by atoms with Gasteiger partial charge in [0, 0.05) is 12.6 Å². The first-order valence-electron chi connectivity index (χ1n) is 6.33. The van der Waals surface area contributed by atoms with Gasteiger partial charge in [-0.25, -0.2) is 0 Å². The Bertz CT molecular complexity index is 798. The number of rotatable bonds is 4. The number of nitrogens with one attached hydrogen (secondary N) is 1. The molecule has 0 saturated heterocycles. The number of aromatic nitrogens is 3. The normalized spacial score (nSPS) is 10.3. The van der Waals surface area contributed by atoms with Crippen molar-refractivity contribution in [2.45, 2.75) is 6.42 Å². The number of ether oxygens (including phenoxy) is 1. The van der Waals surface area contributed by atoms with Crippen LogP contribution < -0.4 is 4.74 Å². The summed E-state index contributed by atoms with van der Waals surface area (Å²) >= 11 is 0. The van der Waals surface area contributed by atoms with Crippen molar-refractivity contribution in [2.75, 3.05) is 7.11 Å². The Morgan fingerprint density at radius 1 is 1.38 bits per heavy atom. The van der Waals surface area contributed by atoms with Gasteiger partial charge >= 0.3 is 0 Å². The maximum Gasteiger partial charge on any atom is 0.259 e. The summed E-state index contributed by atoms with van der Waals surface area (Å²) in [6.45, 7) is 0. The molecule has 6 nitrogen and oxygen atoms in total. The van der Waals surface area contributed by atoms with E-state index >= 15 is 0 Å². The zero-order chi connectivity index (χ0) is 14.7. The highest BCUT2D eigenvalue weighted by Gasteiger charge is 2.11. The molecule has 0 unspecified atom stereocenters. The topological polar surface area (TPSA) is 87.7 Å². The van der Waals surface area contributed by atoms with Gasteiger partial charge < -0.3 is 14.2 Å². The van der Waals surface area contributed by atoms with E-state index in [9.17, 15) is 0 Å². The van der Waals surface area contributed by atoms with Crippen molar-refractivity contribution in [1.29, 1.82) is 5.26 Å². The standard InChI is InChI=1S/C15H12N4O2/c1-20-13-4-2-3-10(5-13)6-14-18-15(21-19-14)11-7-12(8-16)17-9-11/h2-5,7,9,17H,6H2,1H3. The molecule has 2 aromatic heterocycles. The third-order valence-electron chi connectivity index (χ3n) is 3.01. The maximum absolute atomic E-state index is 8.79. The summed E-state index contributed by atoms with van der Waals surface area (Å²) in [5.41, 5.74) is 2.20. The van der Waals surface area contributed by atoms with Crippen LogP contribution in [-0.4, -0.2) is 22.2 Å². The van der Waals surface area contributed by atoms with Crippen LogP contribution in [0.15, 0.2) is 41.1 Å². The Hall–Kier alpha value is -3.07. The molecular formula is C15H12N4O2. The van der Waals surface area contributed by atoms with Crippen LogP contribution in [0, 0.1) is 11.3 Å². The second-order valence-corrected chi connectivity index (χ2v) is 4.46. The van der Waals surface area contributed by atoms with Crippen LogP contribution in [0.3, 0.4) is 0 Å². The molecule has 0 aliphatic rings. The zero-order valence-corrected chi connectivity index (χ0v) is 11.3. The molecule has 6 heteroatoms. The molecule has 0 radical (unpaired) electrons. The fourth-order valence-electron chi connectivity index (χ4n) is 1.99. The third-order valence-corrected chi connectivity index (χ3v) is 3.01. The summed E-state index contributed by atoms with van der Waals surface area (Å²) in [6.07, 6.45) is 2.22. The van der Waals surface area contributed by atoms with E-state index < -0.39 is 0 Å². The van der Waals surface area contributed by atoms with Crippen molar-refractivity contribution in [1.82, 2.24) is 15.1 Å². The number of H-pyrrole nitrogens is 1. The molecule has 0 aliphatic carbocycles. The van der Waals surface area contributed by atoms with Crippen LogP contribution >= 0.6 is 0 Å². The molecule has 2 heterocycles. The minimum Gasteiger partial charge on any atom is -0.497 e. The van der Waals surface area contributed by atoms with Crippen LogP contribution in [0.4, 0.5) is 0 Å². The zero-order valence-electron chi connectivity index (χ0n) is 11.3. The molecule has 0 aliphatic heterocycles. The van der Waals surface area contributed by atoms with Gasteiger partial charge in [0.25, 0.3) is 5.89 Å². The monoisotopic (exact) mass is 280 g/mol. The van der Waals surface area contributed by atoms with E-state index in [0.717, 1.165) is 11.3 Å². The first kappa shape index (κ1) is 12.9. The predicted molar refractivity (Wildman–Crippen MR) is 74.6 cm³/mol. The summed E-state index contributed by atoms with van der Waals surface area (Å²) in [5, 5.41) is 12.7. The lowest BCUT2D eigenvalue weighted by molar-refractivity contribution is 0.414. The van der Waals surface area contributed by atoms with Gasteiger partial charge in [0.2, 0.25) is 0 Å². The van der Waals surface area contributed by atoms with Crippen molar-refractivity contribution in [3.63, 3.8) is 0 Å². The van der Waals surface area contributed by atoms with Gasteiger partial charge in [0.15, 0.2) is 5.82 Å². The van der Waals surface area contributed by atoms with Crippen molar-refractivity contribution >= 4 is 0 Å². The molecular weight excluding hydrogens is 268 g/mol. The lowest BCUT2D eigenvalue weighted by Crippen LogP contribution is -1.92. The Kier molecular flexibility index (Phi) is 3.39. The number of aromatic amines is 1. The number of nitriles is 1. The van der Waals surface area contributed by atoms with Gasteiger partial charge in [-0.15, -0.1) is 0 Å². The van der Waals surface area contributed by atoms with E-state index in [0.29, 0.717) is 29.4 Å². The average molecular weight is 280 g/mol. The van der Waals surface area contributed by atoms with E-state index in [4.69, 9.17) is 14.5 Å². The number of hydrogen-bond donors (Lipinski definition) is 1. The van der Waals surface area contributed by atoms with E-state index in [1.807, 2.05) is 30.3 Å². The number of benzene rings is 1. The van der Waals surface area contributed by atoms with Crippen molar-refractivity contribution in [2.24, 2.45) is 0 Å². The Balaban J connectivity index is 1.80. The largest absolute Gasteiger partial charge is 0.497 e. The predicted octanol–water partition coefficient (Wildman–Crippen LogP) is 2.54. The van der Waals surface area contributed by atoms with Crippen LogP contribution in [0.5, 0.6) is 5.75 Å². The van der Waals surface area contributed by atoms with Gasteiger partial charge in [-0.2, -0.15) is 10.2 Å². The van der Waals surface area contributed by atoms with Crippen LogP contribution in [0.2, 0.25) is 0 Å². The Labute approximate surface area is 121 Å². The van der Waals surface area contributed by atoms with Crippen LogP contribution in [-0.2, 0) is 6.42 Å². The van der Waals surface area contributed by atoms with E-state index in [1.54, 1.807) is 19.4 Å². The Morgan fingerprint density at radius 3 is 3.05 bits per heavy atom. The van der Waals surface area contributed by atoms with Gasteiger partial charge in [-0.05, 0) is 23.8 Å². The smallest absolute Gasteiger partial charge is 0.259 e. The molecule has 0 atom stereocenters. The molecule has 0 spiro atoms. The molecule has 0 fully saturated rings. The lowest BCUT2D eigenvalue weighted by Gasteiger charge is -2.01. The van der Waals surface area contributed by atoms with Gasteiger partial charge in [-0.3, -0.25) is 0 Å². The molecule has 3 aromatic rings. The lowest BCUT2D eigenvalue weighted by atomic mass is 10.1. The summed E-state index contributed by atoms with van der Waals surface area (Å²) in [7, 11) is 1.63. The third kappa shape index (κ3) is 2.77. The Morgan fingerprint density at radius 2 is 2.29 bits per heavy atom.